The minimum atomic E-state index is -0.972. The zero-order chi connectivity index (χ0) is 14.7. The lowest BCUT2D eigenvalue weighted by Crippen LogP contribution is -2.15. The first-order chi connectivity index (χ1) is 9.51. The number of carboxylic acids is 1. The summed E-state index contributed by atoms with van der Waals surface area (Å²) in [5.41, 5.74) is 6.41. The lowest BCUT2D eigenvalue weighted by molar-refractivity contribution is -0.137. The Kier molecular flexibility index (Phi) is 4.24. The Balaban J connectivity index is 2.14. The van der Waals surface area contributed by atoms with Crippen molar-refractivity contribution in [2.75, 3.05) is 7.11 Å². The summed E-state index contributed by atoms with van der Waals surface area (Å²) in [6.07, 6.45) is 1.55. The summed E-state index contributed by atoms with van der Waals surface area (Å²) < 4.78 is 10.4. The molecule has 0 radical (unpaired) electrons. The van der Waals surface area contributed by atoms with Gasteiger partial charge in [-0.15, -0.1) is 0 Å². The third-order valence-corrected chi connectivity index (χ3v) is 3.13. The van der Waals surface area contributed by atoms with E-state index in [0.717, 1.165) is 12.8 Å². The van der Waals surface area contributed by atoms with Gasteiger partial charge in [0.2, 0.25) is 0 Å². The zero-order valence-electron chi connectivity index (χ0n) is 11.2. The molecule has 1 aliphatic carbocycles. The van der Waals surface area contributed by atoms with Crippen LogP contribution in [0.1, 0.15) is 30.9 Å². The fourth-order valence-corrected chi connectivity index (χ4v) is 1.82. The standard InChI is InChI=1S/C14H17NO5/c1-19-12-6-9(10(15)7-13(16)17)4-5-11(12)20-14(18)8-2-3-8/h4-6,8,10H,2-3,7,15H2,1H3,(H,16,17). The van der Waals surface area contributed by atoms with E-state index in [1.165, 1.54) is 7.11 Å². The molecule has 0 amide bonds. The van der Waals surface area contributed by atoms with Crippen LogP contribution in [-0.4, -0.2) is 24.2 Å². The highest BCUT2D eigenvalue weighted by Gasteiger charge is 2.32. The molecule has 1 unspecified atom stereocenters. The molecule has 0 aromatic heterocycles. The molecule has 6 nitrogen and oxygen atoms in total. The minimum absolute atomic E-state index is 0.00588. The van der Waals surface area contributed by atoms with Crippen LogP contribution in [0.2, 0.25) is 0 Å². The van der Waals surface area contributed by atoms with Gasteiger partial charge in [0.25, 0.3) is 0 Å². The van der Waals surface area contributed by atoms with Gasteiger partial charge in [0.05, 0.1) is 19.4 Å². The SMILES string of the molecule is COc1cc(C(N)CC(=O)O)ccc1OC(=O)C1CC1. The Labute approximate surface area is 116 Å². The van der Waals surface area contributed by atoms with Gasteiger partial charge in [-0.3, -0.25) is 9.59 Å². The van der Waals surface area contributed by atoms with Crippen molar-refractivity contribution in [1.29, 1.82) is 0 Å². The van der Waals surface area contributed by atoms with Crippen molar-refractivity contribution in [2.45, 2.75) is 25.3 Å². The number of nitrogens with two attached hydrogens (primary N) is 1. The molecular formula is C14H17NO5. The van der Waals surface area contributed by atoms with E-state index in [0.29, 0.717) is 17.1 Å². The van der Waals surface area contributed by atoms with Crippen LogP contribution >= 0.6 is 0 Å². The van der Waals surface area contributed by atoms with Crippen molar-refractivity contribution in [1.82, 2.24) is 0 Å². The monoisotopic (exact) mass is 279 g/mol. The molecule has 108 valence electrons. The average Bonchev–Trinajstić information content (AvgIpc) is 3.22. The molecule has 0 aliphatic heterocycles. The van der Waals surface area contributed by atoms with E-state index in [4.69, 9.17) is 20.3 Å². The van der Waals surface area contributed by atoms with Crippen LogP contribution < -0.4 is 15.2 Å². The van der Waals surface area contributed by atoms with Gasteiger partial charge in [-0.2, -0.15) is 0 Å². The number of methoxy groups -OCH3 is 1. The Hall–Kier alpha value is -2.08. The van der Waals surface area contributed by atoms with Crippen molar-refractivity contribution in [3.8, 4) is 11.5 Å². The van der Waals surface area contributed by atoms with Crippen molar-refractivity contribution in [2.24, 2.45) is 11.7 Å². The molecule has 6 heteroatoms. The number of esters is 1. The fourth-order valence-electron chi connectivity index (χ4n) is 1.82. The quantitative estimate of drug-likeness (QED) is 0.604. The summed E-state index contributed by atoms with van der Waals surface area (Å²) in [5.74, 6) is -0.534. The number of carboxylic acid groups (broad SMARTS) is 1. The number of carbonyl (C=O) groups is 2. The highest BCUT2D eigenvalue weighted by atomic mass is 16.6. The molecule has 1 aromatic rings. The summed E-state index contributed by atoms with van der Waals surface area (Å²) in [6, 6.07) is 4.19. The van der Waals surface area contributed by atoms with E-state index in [-0.39, 0.29) is 18.3 Å². The summed E-state index contributed by atoms with van der Waals surface area (Å²) in [4.78, 5) is 22.3. The number of hydrogen-bond acceptors (Lipinski definition) is 5. The van der Waals surface area contributed by atoms with Crippen LogP contribution in [0, 0.1) is 5.92 Å². The van der Waals surface area contributed by atoms with Gasteiger partial charge in [0.15, 0.2) is 11.5 Å². The Morgan fingerprint density at radius 2 is 2.10 bits per heavy atom. The van der Waals surface area contributed by atoms with Gasteiger partial charge in [-0.1, -0.05) is 6.07 Å². The van der Waals surface area contributed by atoms with Crippen LogP contribution in [0.15, 0.2) is 18.2 Å². The molecule has 0 heterocycles. The second kappa shape index (κ2) is 5.92. The van der Waals surface area contributed by atoms with E-state index in [1.807, 2.05) is 0 Å². The first kappa shape index (κ1) is 14.3. The third-order valence-electron chi connectivity index (χ3n) is 3.13. The van der Waals surface area contributed by atoms with Gasteiger partial charge in [0.1, 0.15) is 0 Å². The molecule has 3 N–H and O–H groups in total. The van der Waals surface area contributed by atoms with Gasteiger partial charge < -0.3 is 20.3 Å². The molecule has 1 saturated carbocycles. The van der Waals surface area contributed by atoms with E-state index in [2.05, 4.69) is 0 Å². The topological polar surface area (TPSA) is 98.8 Å². The first-order valence-electron chi connectivity index (χ1n) is 6.38. The predicted molar refractivity (Wildman–Crippen MR) is 70.5 cm³/mol. The van der Waals surface area contributed by atoms with Gasteiger partial charge in [-0.25, -0.2) is 0 Å². The van der Waals surface area contributed by atoms with Crippen molar-refractivity contribution >= 4 is 11.9 Å². The Morgan fingerprint density at radius 1 is 1.40 bits per heavy atom. The van der Waals surface area contributed by atoms with Crippen LogP contribution in [0.25, 0.3) is 0 Å². The van der Waals surface area contributed by atoms with Gasteiger partial charge >= 0.3 is 11.9 Å². The van der Waals surface area contributed by atoms with E-state index < -0.39 is 12.0 Å². The van der Waals surface area contributed by atoms with E-state index >= 15 is 0 Å². The zero-order valence-corrected chi connectivity index (χ0v) is 11.2. The van der Waals surface area contributed by atoms with Crippen molar-refractivity contribution in [3.63, 3.8) is 0 Å². The average molecular weight is 279 g/mol. The first-order valence-corrected chi connectivity index (χ1v) is 6.38. The number of carbonyl (C=O) groups excluding carboxylic acids is 1. The van der Waals surface area contributed by atoms with Crippen LogP contribution in [-0.2, 0) is 9.59 Å². The largest absolute Gasteiger partial charge is 0.493 e. The number of rotatable bonds is 6. The number of benzene rings is 1. The highest BCUT2D eigenvalue weighted by Crippen LogP contribution is 2.35. The van der Waals surface area contributed by atoms with Crippen molar-refractivity contribution in [3.05, 3.63) is 23.8 Å². The lowest BCUT2D eigenvalue weighted by atomic mass is 10.0. The molecule has 0 saturated heterocycles. The smallest absolute Gasteiger partial charge is 0.314 e. The van der Waals surface area contributed by atoms with Gasteiger partial charge in [-0.05, 0) is 30.5 Å². The molecule has 0 spiro atoms. The molecule has 1 aromatic carbocycles. The lowest BCUT2D eigenvalue weighted by Gasteiger charge is -2.14. The Morgan fingerprint density at radius 3 is 2.65 bits per heavy atom. The van der Waals surface area contributed by atoms with Crippen LogP contribution in [0.3, 0.4) is 0 Å². The maximum absolute atomic E-state index is 11.6. The summed E-state index contributed by atoms with van der Waals surface area (Å²) in [6.45, 7) is 0. The van der Waals surface area contributed by atoms with Crippen molar-refractivity contribution < 1.29 is 24.2 Å². The highest BCUT2D eigenvalue weighted by molar-refractivity contribution is 5.78. The summed E-state index contributed by atoms with van der Waals surface area (Å²) in [5, 5.41) is 8.73. The van der Waals surface area contributed by atoms with Gasteiger partial charge in [0, 0.05) is 6.04 Å². The second-order valence-corrected chi connectivity index (χ2v) is 4.81. The van der Waals surface area contributed by atoms with E-state index in [1.54, 1.807) is 18.2 Å². The molecule has 1 aliphatic rings. The third kappa shape index (κ3) is 3.48. The maximum Gasteiger partial charge on any atom is 0.314 e. The summed E-state index contributed by atoms with van der Waals surface area (Å²) in [7, 11) is 1.45. The molecular weight excluding hydrogens is 262 g/mol. The summed E-state index contributed by atoms with van der Waals surface area (Å²) >= 11 is 0. The molecule has 1 atom stereocenters. The van der Waals surface area contributed by atoms with Crippen LogP contribution in [0.4, 0.5) is 0 Å². The molecule has 0 bridgehead atoms. The Bertz CT molecular complexity index is 524. The minimum Gasteiger partial charge on any atom is -0.493 e. The molecule has 2 rings (SSSR count). The van der Waals surface area contributed by atoms with E-state index in [9.17, 15) is 9.59 Å². The van der Waals surface area contributed by atoms with Crippen LogP contribution in [0.5, 0.6) is 11.5 Å². The second-order valence-electron chi connectivity index (χ2n) is 4.81. The molecule has 20 heavy (non-hydrogen) atoms. The predicted octanol–water partition coefficient (Wildman–Crippen LogP) is 1.49. The number of hydrogen-bond donors (Lipinski definition) is 2. The fraction of sp³-hybridized carbons (Fsp3) is 0.429. The number of aliphatic carboxylic acids is 1. The molecule has 1 fully saturated rings. The number of ether oxygens (including phenoxy) is 2. The normalized spacial score (nSPS) is 15.5. The maximum atomic E-state index is 11.6.